The molecule has 0 aliphatic heterocycles. The number of benzene rings is 1. The van der Waals surface area contributed by atoms with Crippen LogP contribution in [0.15, 0.2) is 6.07 Å². The highest BCUT2D eigenvalue weighted by Crippen LogP contribution is 2.32. The van der Waals surface area contributed by atoms with E-state index in [0.717, 1.165) is 6.07 Å². The highest BCUT2D eigenvalue weighted by Gasteiger charge is 2.21. The first-order valence-corrected chi connectivity index (χ1v) is 3.43. The molecule has 70 valence electrons. The fourth-order valence-corrected chi connectivity index (χ4v) is 0.990. The van der Waals surface area contributed by atoms with Gasteiger partial charge in [-0.1, -0.05) is 0 Å². The Labute approximate surface area is 73.3 Å². The maximum Gasteiger partial charge on any atom is 0.329 e. The third-order valence-electron chi connectivity index (χ3n) is 1.72. The highest BCUT2D eigenvalue weighted by molar-refractivity contribution is 5.77. The second kappa shape index (κ2) is 2.89. The lowest BCUT2D eigenvalue weighted by Gasteiger charge is -2.04. The third-order valence-corrected chi connectivity index (χ3v) is 1.72. The summed E-state index contributed by atoms with van der Waals surface area (Å²) in [6, 6.07) is 0.990. The average Bonchev–Trinajstić information content (AvgIpc) is 1.99. The second-order valence-electron chi connectivity index (χ2n) is 2.61. The first-order chi connectivity index (χ1) is 5.95. The van der Waals surface area contributed by atoms with Crippen molar-refractivity contribution in [1.29, 1.82) is 0 Å². The molecule has 0 atom stereocenters. The van der Waals surface area contributed by atoms with Gasteiger partial charge in [0.25, 0.3) is 0 Å². The lowest BCUT2D eigenvalue weighted by Crippen LogP contribution is -2.04. The number of anilines is 2. The average molecular weight is 185 g/mol. The van der Waals surface area contributed by atoms with Crippen molar-refractivity contribution in [3.8, 4) is 0 Å². The molecule has 0 aliphatic rings. The SMILES string of the molecule is Cc1cc(F)c([N+](=O)[O-])c(N)c1N. The third kappa shape index (κ3) is 1.37. The maximum absolute atomic E-state index is 13.0. The van der Waals surface area contributed by atoms with Gasteiger partial charge in [-0.15, -0.1) is 0 Å². The first-order valence-electron chi connectivity index (χ1n) is 3.43. The van der Waals surface area contributed by atoms with Crippen LogP contribution in [0.5, 0.6) is 0 Å². The normalized spacial score (nSPS) is 10.0. The molecule has 5 nitrogen and oxygen atoms in total. The molecule has 0 aromatic heterocycles. The number of aryl methyl sites for hydroxylation is 1. The zero-order valence-electron chi connectivity index (χ0n) is 6.87. The molecule has 0 heterocycles. The second-order valence-corrected chi connectivity index (χ2v) is 2.61. The van der Waals surface area contributed by atoms with Gasteiger partial charge in [-0.25, -0.2) is 0 Å². The zero-order chi connectivity index (χ0) is 10.2. The summed E-state index contributed by atoms with van der Waals surface area (Å²) in [5.41, 5.74) is 10.0. The first kappa shape index (κ1) is 9.24. The Kier molecular flexibility index (Phi) is 2.05. The number of nitrogen functional groups attached to an aromatic ring is 2. The molecule has 4 N–H and O–H groups in total. The van der Waals surface area contributed by atoms with Gasteiger partial charge < -0.3 is 11.5 Å². The minimum Gasteiger partial charge on any atom is -0.397 e. The van der Waals surface area contributed by atoms with Gasteiger partial charge in [0.1, 0.15) is 5.69 Å². The molecule has 1 aromatic rings. The summed E-state index contributed by atoms with van der Waals surface area (Å²) in [4.78, 5) is 9.45. The number of nitro groups is 1. The Hall–Kier alpha value is -1.85. The molecule has 0 fully saturated rings. The van der Waals surface area contributed by atoms with E-state index in [0.29, 0.717) is 5.56 Å². The van der Waals surface area contributed by atoms with Crippen LogP contribution in [-0.2, 0) is 0 Å². The van der Waals surface area contributed by atoms with Crippen LogP contribution >= 0.6 is 0 Å². The van der Waals surface area contributed by atoms with E-state index >= 15 is 0 Å². The van der Waals surface area contributed by atoms with Crippen molar-refractivity contribution in [3.63, 3.8) is 0 Å². The van der Waals surface area contributed by atoms with Crippen LogP contribution in [0.25, 0.3) is 0 Å². The van der Waals surface area contributed by atoms with Gasteiger partial charge in [-0.05, 0) is 18.6 Å². The number of nitrogens with zero attached hydrogens (tertiary/aromatic N) is 1. The molecule has 6 heteroatoms. The van der Waals surface area contributed by atoms with Crippen molar-refractivity contribution in [2.45, 2.75) is 6.92 Å². The van der Waals surface area contributed by atoms with Gasteiger partial charge in [-0.3, -0.25) is 10.1 Å². The van der Waals surface area contributed by atoms with E-state index in [2.05, 4.69) is 0 Å². The van der Waals surface area contributed by atoms with Crippen molar-refractivity contribution in [2.75, 3.05) is 11.5 Å². The zero-order valence-corrected chi connectivity index (χ0v) is 6.87. The summed E-state index contributed by atoms with van der Waals surface area (Å²) in [7, 11) is 0. The van der Waals surface area contributed by atoms with E-state index in [-0.39, 0.29) is 11.4 Å². The van der Waals surface area contributed by atoms with Gasteiger partial charge in [0.2, 0.25) is 5.82 Å². The highest BCUT2D eigenvalue weighted by atomic mass is 19.1. The van der Waals surface area contributed by atoms with Crippen LogP contribution in [0, 0.1) is 22.9 Å². The van der Waals surface area contributed by atoms with Crippen molar-refractivity contribution in [3.05, 3.63) is 27.6 Å². The number of halogens is 1. The number of rotatable bonds is 1. The maximum atomic E-state index is 13.0. The number of nitro benzene ring substituents is 1. The van der Waals surface area contributed by atoms with E-state index in [4.69, 9.17) is 11.5 Å². The fourth-order valence-electron chi connectivity index (χ4n) is 0.990. The molecule has 1 rings (SSSR count). The fraction of sp³-hybridized carbons (Fsp3) is 0.143. The van der Waals surface area contributed by atoms with Crippen molar-refractivity contribution < 1.29 is 9.31 Å². The van der Waals surface area contributed by atoms with Gasteiger partial charge in [0.15, 0.2) is 0 Å². The smallest absolute Gasteiger partial charge is 0.329 e. The largest absolute Gasteiger partial charge is 0.397 e. The summed E-state index contributed by atoms with van der Waals surface area (Å²) >= 11 is 0. The Balaban J connectivity index is 3.53. The lowest BCUT2D eigenvalue weighted by atomic mass is 10.1. The van der Waals surface area contributed by atoms with Crippen LogP contribution in [0.3, 0.4) is 0 Å². The van der Waals surface area contributed by atoms with Crippen molar-refractivity contribution in [2.24, 2.45) is 0 Å². The van der Waals surface area contributed by atoms with Crippen molar-refractivity contribution >= 4 is 17.1 Å². The van der Waals surface area contributed by atoms with Gasteiger partial charge in [0.05, 0.1) is 10.6 Å². The molecule has 0 radical (unpaired) electrons. The molecule has 0 unspecified atom stereocenters. The minimum atomic E-state index is -0.964. The molecule has 13 heavy (non-hydrogen) atoms. The number of hydrogen-bond acceptors (Lipinski definition) is 4. The van der Waals surface area contributed by atoms with E-state index in [1.807, 2.05) is 0 Å². The molecule has 0 saturated carbocycles. The molecular weight excluding hydrogens is 177 g/mol. The van der Waals surface area contributed by atoms with Crippen molar-refractivity contribution in [1.82, 2.24) is 0 Å². The Bertz CT molecular complexity index is 378. The molecular formula is C7H8FN3O2. The quantitative estimate of drug-likeness (QED) is 0.390. The molecule has 0 amide bonds. The Morgan fingerprint density at radius 1 is 1.46 bits per heavy atom. The minimum absolute atomic E-state index is 0.0492. The van der Waals surface area contributed by atoms with E-state index in [1.165, 1.54) is 6.92 Å². The Morgan fingerprint density at radius 2 is 2.00 bits per heavy atom. The predicted octanol–water partition coefficient (Wildman–Crippen LogP) is 1.21. The monoisotopic (exact) mass is 185 g/mol. The van der Waals surface area contributed by atoms with Crippen LogP contribution in [0.4, 0.5) is 21.5 Å². The predicted molar refractivity (Wildman–Crippen MR) is 46.6 cm³/mol. The van der Waals surface area contributed by atoms with E-state index in [1.54, 1.807) is 0 Å². The van der Waals surface area contributed by atoms with Crippen LogP contribution < -0.4 is 11.5 Å². The summed E-state index contributed by atoms with van der Waals surface area (Å²) in [6.45, 7) is 1.53. The molecule has 0 aliphatic carbocycles. The topological polar surface area (TPSA) is 95.2 Å². The molecule has 0 bridgehead atoms. The van der Waals surface area contributed by atoms with Gasteiger partial charge >= 0.3 is 5.69 Å². The van der Waals surface area contributed by atoms with E-state index < -0.39 is 16.4 Å². The Morgan fingerprint density at radius 3 is 2.46 bits per heavy atom. The number of nitrogens with two attached hydrogens (primary N) is 2. The molecule has 0 saturated heterocycles. The van der Waals surface area contributed by atoms with Gasteiger partial charge in [-0.2, -0.15) is 4.39 Å². The van der Waals surface area contributed by atoms with Crippen LogP contribution in [-0.4, -0.2) is 4.92 Å². The lowest BCUT2D eigenvalue weighted by molar-refractivity contribution is -0.386. The van der Waals surface area contributed by atoms with Crippen LogP contribution in [0.2, 0.25) is 0 Å². The summed E-state index contributed by atoms with van der Waals surface area (Å²) in [5.74, 6) is -0.964. The number of hydrogen-bond donors (Lipinski definition) is 2. The van der Waals surface area contributed by atoms with E-state index in [9.17, 15) is 14.5 Å². The van der Waals surface area contributed by atoms with Gasteiger partial charge in [0, 0.05) is 0 Å². The summed E-state index contributed by atoms with van der Waals surface area (Å²) in [5, 5.41) is 10.3. The molecule has 0 spiro atoms. The standard InChI is InChI=1S/C7H8FN3O2/c1-3-2-4(8)7(11(12)13)6(10)5(3)9/h2H,9-10H2,1H3. The summed E-state index contributed by atoms with van der Waals surface area (Å²) in [6.07, 6.45) is 0. The van der Waals surface area contributed by atoms with Crippen LogP contribution in [0.1, 0.15) is 5.56 Å². The molecule has 1 aromatic carbocycles. The summed E-state index contributed by atoms with van der Waals surface area (Å²) < 4.78 is 13.0.